The number of unbranched alkanes of at least 4 members (excludes halogenated alkanes) is 30. The molecule has 0 saturated heterocycles. The molecule has 0 bridgehead atoms. The van der Waals surface area contributed by atoms with Gasteiger partial charge in [-0.3, -0.25) is 14.4 Å². The van der Waals surface area contributed by atoms with Crippen LogP contribution in [0.15, 0.2) is 36.5 Å². The zero-order valence-electron chi connectivity index (χ0n) is 40.0. The van der Waals surface area contributed by atoms with E-state index in [1.807, 2.05) is 6.08 Å². The van der Waals surface area contributed by atoms with Crippen molar-refractivity contribution in [3.8, 4) is 0 Å². The van der Waals surface area contributed by atoms with Crippen LogP contribution >= 0.6 is 0 Å². The molecule has 0 aliphatic heterocycles. The highest BCUT2D eigenvalue weighted by molar-refractivity contribution is 5.71. The maximum Gasteiger partial charge on any atom is 0.306 e. The summed E-state index contributed by atoms with van der Waals surface area (Å²) in [4.78, 5) is 37.9. The van der Waals surface area contributed by atoms with Gasteiger partial charge in [0.15, 0.2) is 6.10 Å². The average molecular weight is 843 g/mol. The highest BCUT2D eigenvalue weighted by atomic mass is 16.6. The summed E-state index contributed by atoms with van der Waals surface area (Å²) in [5, 5.41) is 0. The van der Waals surface area contributed by atoms with E-state index < -0.39 is 6.10 Å². The molecule has 6 nitrogen and oxygen atoms in total. The molecule has 0 radical (unpaired) electrons. The molecule has 0 spiro atoms. The van der Waals surface area contributed by atoms with Crippen molar-refractivity contribution in [3.05, 3.63) is 36.5 Å². The summed E-state index contributed by atoms with van der Waals surface area (Å²) in [6.45, 7) is 6.58. The van der Waals surface area contributed by atoms with Gasteiger partial charge in [0.05, 0.1) is 0 Å². The Morgan fingerprint density at radius 2 is 0.633 bits per heavy atom. The predicted molar refractivity (Wildman–Crippen MR) is 256 cm³/mol. The summed E-state index contributed by atoms with van der Waals surface area (Å²) in [5.41, 5.74) is 0. The minimum absolute atomic E-state index is 0.0885. The zero-order chi connectivity index (χ0) is 43.7. The third-order valence-corrected chi connectivity index (χ3v) is 11.4. The van der Waals surface area contributed by atoms with Crippen LogP contribution in [0.3, 0.4) is 0 Å². The number of allylic oxidation sites excluding steroid dienone is 6. The monoisotopic (exact) mass is 843 g/mol. The van der Waals surface area contributed by atoms with Crippen LogP contribution in [0, 0.1) is 0 Å². The first kappa shape index (κ1) is 57.6. The van der Waals surface area contributed by atoms with Gasteiger partial charge in [0, 0.05) is 19.3 Å². The zero-order valence-corrected chi connectivity index (χ0v) is 40.0. The molecule has 0 aromatic rings. The topological polar surface area (TPSA) is 78.9 Å². The summed E-state index contributed by atoms with van der Waals surface area (Å²) in [5.74, 6) is -0.953. The van der Waals surface area contributed by atoms with Crippen molar-refractivity contribution in [1.82, 2.24) is 0 Å². The minimum Gasteiger partial charge on any atom is -0.462 e. The van der Waals surface area contributed by atoms with E-state index >= 15 is 0 Å². The lowest BCUT2D eigenvalue weighted by atomic mass is 10.0. The highest BCUT2D eigenvalue weighted by Crippen LogP contribution is 2.15. The number of carbonyl (C=O) groups is 3. The van der Waals surface area contributed by atoms with Crippen molar-refractivity contribution >= 4 is 17.9 Å². The third kappa shape index (κ3) is 46.7. The molecule has 0 fully saturated rings. The van der Waals surface area contributed by atoms with Crippen LogP contribution < -0.4 is 0 Å². The van der Waals surface area contributed by atoms with Crippen molar-refractivity contribution in [1.29, 1.82) is 0 Å². The van der Waals surface area contributed by atoms with E-state index in [2.05, 4.69) is 51.2 Å². The van der Waals surface area contributed by atoms with Crippen LogP contribution in [-0.4, -0.2) is 37.2 Å². The molecule has 0 aliphatic rings. The largest absolute Gasteiger partial charge is 0.462 e. The number of hydrogen-bond acceptors (Lipinski definition) is 6. The molecule has 0 aliphatic carbocycles. The molecule has 1 atom stereocenters. The quantitative estimate of drug-likeness (QED) is 0.0263. The van der Waals surface area contributed by atoms with Gasteiger partial charge in [-0.15, -0.1) is 0 Å². The van der Waals surface area contributed by atoms with Gasteiger partial charge in [-0.2, -0.15) is 0 Å². The standard InChI is InChI=1S/C54H98O6/c1-4-7-10-13-16-19-22-25-27-30-32-35-38-41-44-47-53(56)59-50-51(49-58-52(55)46-43-40-37-34-31-28-24-21-18-15-12-9-6-3)60-54(57)48-45-42-39-36-33-29-26-23-20-17-14-11-8-5-2/h19,22,28,31,37,40,51H,4-18,20-21,23-27,29-30,32-36,38-39,41-50H2,1-3H3/b22-19+,31-28+,40-37+. The second kappa shape index (κ2) is 49.3. The van der Waals surface area contributed by atoms with Crippen molar-refractivity contribution in [2.24, 2.45) is 0 Å². The smallest absolute Gasteiger partial charge is 0.306 e. The Hall–Kier alpha value is -2.37. The first-order valence-corrected chi connectivity index (χ1v) is 26.0. The van der Waals surface area contributed by atoms with Crippen LogP contribution in [0.5, 0.6) is 0 Å². The summed E-state index contributed by atoms with van der Waals surface area (Å²) in [7, 11) is 0. The van der Waals surface area contributed by atoms with Crippen molar-refractivity contribution < 1.29 is 28.6 Å². The summed E-state index contributed by atoms with van der Waals surface area (Å²) in [6, 6.07) is 0. The van der Waals surface area contributed by atoms with Gasteiger partial charge in [0.1, 0.15) is 13.2 Å². The van der Waals surface area contributed by atoms with Crippen molar-refractivity contribution in [2.75, 3.05) is 13.2 Å². The molecule has 0 aromatic heterocycles. The normalized spacial score (nSPS) is 12.2. The molecule has 1 unspecified atom stereocenters. The van der Waals surface area contributed by atoms with Gasteiger partial charge in [-0.1, -0.05) is 224 Å². The molecule has 350 valence electrons. The van der Waals surface area contributed by atoms with Gasteiger partial charge < -0.3 is 14.2 Å². The summed E-state index contributed by atoms with van der Waals surface area (Å²) in [6.07, 6.45) is 57.1. The minimum atomic E-state index is -0.791. The number of esters is 3. The van der Waals surface area contributed by atoms with E-state index in [9.17, 15) is 14.4 Å². The average Bonchev–Trinajstić information content (AvgIpc) is 3.24. The van der Waals surface area contributed by atoms with Crippen LogP contribution in [0.2, 0.25) is 0 Å². The molecule has 0 heterocycles. The Balaban J connectivity index is 4.41. The molecule has 60 heavy (non-hydrogen) atoms. The second-order valence-corrected chi connectivity index (χ2v) is 17.4. The molecule has 0 saturated carbocycles. The Labute approximate surface area is 372 Å². The van der Waals surface area contributed by atoms with Crippen LogP contribution in [0.4, 0.5) is 0 Å². The van der Waals surface area contributed by atoms with E-state index in [1.54, 1.807) is 0 Å². The first-order chi connectivity index (χ1) is 29.5. The van der Waals surface area contributed by atoms with Gasteiger partial charge in [0.2, 0.25) is 0 Å². The Kier molecular flexibility index (Phi) is 47.3. The number of carbonyl (C=O) groups excluding carboxylic acids is 3. The maximum absolute atomic E-state index is 12.8. The van der Waals surface area contributed by atoms with Crippen molar-refractivity contribution in [2.45, 2.75) is 277 Å². The molecular formula is C54H98O6. The lowest BCUT2D eigenvalue weighted by molar-refractivity contribution is -0.166. The fraction of sp³-hybridized carbons (Fsp3) is 0.833. The lowest BCUT2D eigenvalue weighted by Gasteiger charge is -2.18. The Morgan fingerprint density at radius 1 is 0.333 bits per heavy atom. The van der Waals surface area contributed by atoms with E-state index in [0.717, 1.165) is 51.4 Å². The number of ether oxygens (including phenoxy) is 3. The van der Waals surface area contributed by atoms with Crippen LogP contribution in [0.25, 0.3) is 0 Å². The summed E-state index contributed by atoms with van der Waals surface area (Å²) < 4.78 is 16.7. The van der Waals surface area contributed by atoms with E-state index in [-0.39, 0.29) is 37.5 Å². The lowest BCUT2D eigenvalue weighted by Crippen LogP contribution is -2.30. The Bertz CT molecular complexity index is 1020. The van der Waals surface area contributed by atoms with Crippen LogP contribution in [0.1, 0.15) is 271 Å². The van der Waals surface area contributed by atoms with E-state index in [1.165, 1.54) is 173 Å². The molecule has 0 aromatic carbocycles. The van der Waals surface area contributed by atoms with Gasteiger partial charge in [-0.05, 0) is 64.2 Å². The molecule has 0 rings (SSSR count). The van der Waals surface area contributed by atoms with E-state index in [4.69, 9.17) is 14.2 Å². The van der Waals surface area contributed by atoms with Gasteiger partial charge in [0.25, 0.3) is 0 Å². The molecular weight excluding hydrogens is 745 g/mol. The first-order valence-electron chi connectivity index (χ1n) is 26.0. The number of hydrogen-bond donors (Lipinski definition) is 0. The van der Waals surface area contributed by atoms with Gasteiger partial charge >= 0.3 is 17.9 Å². The molecule has 6 heteroatoms. The SMILES string of the molecule is CCCCCC/C=C/CCCCCCCCCC(=O)OCC(COC(=O)CC/C=C/C/C=C/CCCCCCCC)OC(=O)CCCCCCCCCCCCCCCC. The molecule has 0 amide bonds. The highest BCUT2D eigenvalue weighted by Gasteiger charge is 2.19. The summed E-state index contributed by atoms with van der Waals surface area (Å²) >= 11 is 0. The third-order valence-electron chi connectivity index (χ3n) is 11.4. The maximum atomic E-state index is 12.8. The fourth-order valence-corrected chi connectivity index (χ4v) is 7.43. The van der Waals surface area contributed by atoms with Crippen molar-refractivity contribution in [3.63, 3.8) is 0 Å². The molecule has 0 N–H and O–H groups in total. The number of rotatable bonds is 47. The van der Waals surface area contributed by atoms with E-state index in [0.29, 0.717) is 19.3 Å². The van der Waals surface area contributed by atoms with Crippen LogP contribution in [-0.2, 0) is 28.6 Å². The fourth-order valence-electron chi connectivity index (χ4n) is 7.43. The second-order valence-electron chi connectivity index (χ2n) is 17.4. The van der Waals surface area contributed by atoms with Gasteiger partial charge in [-0.25, -0.2) is 0 Å². The Morgan fingerprint density at radius 3 is 1.05 bits per heavy atom. The predicted octanol–water partition coefficient (Wildman–Crippen LogP) is 16.9.